The molecule has 0 aliphatic rings. The van der Waals surface area contributed by atoms with Gasteiger partial charge < -0.3 is 9.84 Å². The molecule has 0 saturated heterocycles. The van der Waals surface area contributed by atoms with Gasteiger partial charge in [-0.15, -0.1) is 11.8 Å². The fraction of sp³-hybridized carbons (Fsp3) is 0.533. The first kappa shape index (κ1) is 16.1. The van der Waals surface area contributed by atoms with E-state index in [2.05, 4.69) is 38.1 Å². The Balaban J connectivity index is 2.37. The number of carbonyl (C=O) groups is 1. The van der Waals surface area contributed by atoms with Crippen LogP contribution in [0.5, 0.6) is 0 Å². The fourth-order valence-electron chi connectivity index (χ4n) is 1.61. The van der Waals surface area contributed by atoms with Gasteiger partial charge in [0, 0.05) is 10.6 Å². The van der Waals surface area contributed by atoms with Gasteiger partial charge in [0.15, 0.2) is 0 Å². The van der Waals surface area contributed by atoms with Gasteiger partial charge in [0.25, 0.3) is 0 Å². The molecule has 1 atom stereocenters. The number of hydrogen-bond donors (Lipinski definition) is 1. The molecule has 0 aromatic heterocycles. The number of esters is 1. The van der Waals surface area contributed by atoms with Crippen LogP contribution < -0.4 is 0 Å². The van der Waals surface area contributed by atoms with Crippen molar-refractivity contribution in [1.29, 1.82) is 0 Å². The first-order valence-electron chi connectivity index (χ1n) is 6.59. The predicted molar refractivity (Wildman–Crippen MR) is 78.5 cm³/mol. The van der Waals surface area contributed by atoms with Crippen molar-refractivity contribution in [3.05, 3.63) is 29.8 Å². The molecule has 1 aromatic carbocycles. The minimum Gasteiger partial charge on any atom is -0.466 e. The van der Waals surface area contributed by atoms with Crippen LogP contribution in [-0.4, -0.2) is 29.5 Å². The van der Waals surface area contributed by atoms with Gasteiger partial charge in [-0.3, -0.25) is 4.79 Å². The first-order valence-corrected chi connectivity index (χ1v) is 7.58. The molecule has 0 aliphatic carbocycles. The lowest BCUT2D eigenvalue weighted by atomic mass is 10.0. The van der Waals surface area contributed by atoms with Crippen LogP contribution in [0.25, 0.3) is 0 Å². The molecule has 19 heavy (non-hydrogen) atoms. The highest BCUT2D eigenvalue weighted by Gasteiger charge is 2.12. The van der Waals surface area contributed by atoms with Crippen molar-refractivity contribution >= 4 is 17.7 Å². The molecule has 0 saturated carbocycles. The van der Waals surface area contributed by atoms with Gasteiger partial charge >= 0.3 is 5.97 Å². The van der Waals surface area contributed by atoms with Gasteiger partial charge in [-0.25, -0.2) is 0 Å². The lowest BCUT2D eigenvalue weighted by Crippen LogP contribution is -2.17. The molecule has 1 unspecified atom stereocenters. The van der Waals surface area contributed by atoms with Crippen LogP contribution in [0.3, 0.4) is 0 Å². The lowest BCUT2D eigenvalue weighted by Gasteiger charge is -2.10. The molecule has 4 heteroatoms. The number of hydrogen-bond acceptors (Lipinski definition) is 4. The van der Waals surface area contributed by atoms with Crippen LogP contribution in [0.2, 0.25) is 0 Å². The van der Waals surface area contributed by atoms with E-state index in [1.54, 1.807) is 18.7 Å². The molecule has 106 valence electrons. The topological polar surface area (TPSA) is 46.5 Å². The summed E-state index contributed by atoms with van der Waals surface area (Å²) in [5, 5.41) is 9.73. The van der Waals surface area contributed by atoms with E-state index in [4.69, 9.17) is 4.74 Å². The van der Waals surface area contributed by atoms with Gasteiger partial charge in [-0.2, -0.15) is 0 Å². The molecule has 0 bridgehead atoms. The Labute approximate surface area is 119 Å². The summed E-state index contributed by atoms with van der Waals surface area (Å²) in [6.07, 6.45) is -0.598. The smallest absolute Gasteiger partial charge is 0.308 e. The van der Waals surface area contributed by atoms with E-state index in [0.29, 0.717) is 18.3 Å². The van der Waals surface area contributed by atoms with Gasteiger partial charge in [-0.05, 0) is 30.5 Å². The Morgan fingerprint density at radius 3 is 2.47 bits per heavy atom. The summed E-state index contributed by atoms with van der Waals surface area (Å²) in [5.41, 5.74) is 1.30. The second-order valence-electron chi connectivity index (χ2n) is 4.70. The zero-order valence-electron chi connectivity index (χ0n) is 11.8. The van der Waals surface area contributed by atoms with E-state index in [1.165, 1.54) is 5.56 Å². The lowest BCUT2D eigenvalue weighted by molar-refractivity contribution is -0.144. The monoisotopic (exact) mass is 282 g/mol. The second kappa shape index (κ2) is 8.23. The number of thioether (sulfide) groups is 1. The Hall–Kier alpha value is -1.00. The van der Waals surface area contributed by atoms with Crippen LogP contribution in [0.15, 0.2) is 29.2 Å². The molecule has 0 amide bonds. The number of rotatable bonds is 7. The van der Waals surface area contributed by atoms with Crippen molar-refractivity contribution in [3.8, 4) is 0 Å². The maximum Gasteiger partial charge on any atom is 0.308 e. The molecular weight excluding hydrogens is 260 g/mol. The summed E-state index contributed by atoms with van der Waals surface area (Å²) in [6.45, 7) is 6.43. The molecule has 1 N–H and O–H groups in total. The van der Waals surface area contributed by atoms with E-state index in [-0.39, 0.29) is 12.4 Å². The second-order valence-corrected chi connectivity index (χ2v) is 5.79. The van der Waals surface area contributed by atoms with Crippen molar-refractivity contribution < 1.29 is 14.6 Å². The van der Waals surface area contributed by atoms with Crippen LogP contribution in [-0.2, 0) is 9.53 Å². The normalized spacial score (nSPS) is 12.5. The molecule has 0 aliphatic heterocycles. The molecule has 0 radical (unpaired) electrons. The number of benzene rings is 1. The highest BCUT2D eigenvalue weighted by Crippen LogP contribution is 2.22. The summed E-state index contributed by atoms with van der Waals surface area (Å²) < 4.78 is 4.80. The third-order valence-corrected chi connectivity index (χ3v) is 3.85. The molecule has 3 nitrogen and oxygen atoms in total. The third kappa shape index (κ3) is 6.12. The van der Waals surface area contributed by atoms with Gasteiger partial charge in [0.2, 0.25) is 0 Å². The largest absolute Gasteiger partial charge is 0.466 e. The van der Waals surface area contributed by atoms with Crippen molar-refractivity contribution in [2.24, 2.45) is 0 Å². The highest BCUT2D eigenvalue weighted by molar-refractivity contribution is 7.99. The summed E-state index contributed by atoms with van der Waals surface area (Å²) in [7, 11) is 0. The predicted octanol–water partition coefficient (Wildman–Crippen LogP) is 3.22. The van der Waals surface area contributed by atoms with Crippen LogP contribution in [0, 0.1) is 0 Å². The summed E-state index contributed by atoms with van der Waals surface area (Å²) in [4.78, 5) is 12.3. The number of aliphatic hydroxyl groups is 1. The van der Waals surface area contributed by atoms with E-state index in [9.17, 15) is 9.90 Å². The Morgan fingerprint density at radius 2 is 1.95 bits per heavy atom. The van der Waals surface area contributed by atoms with Crippen molar-refractivity contribution in [1.82, 2.24) is 0 Å². The third-order valence-electron chi connectivity index (χ3n) is 2.70. The van der Waals surface area contributed by atoms with Crippen LogP contribution in [0.4, 0.5) is 0 Å². The van der Waals surface area contributed by atoms with E-state index < -0.39 is 6.10 Å². The van der Waals surface area contributed by atoms with E-state index in [0.717, 1.165) is 4.90 Å². The maximum absolute atomic E-state index is 11.2. The quantitative estimate of drug-likeness (QED) is 0.616. The summed E-state index contributed by atoms with van der Waals surface area (Å²) in [6, 6.07) is 8.31. The average molecular weight is 282 g/mol. The van der Waals surface area contributed by atoms with Crippen molar-refractivity contribution in [2.75, 3.05) is 12.4 Å². The van der Waals surface area contributed by atoms with E-state index >= 15 is 0 Å². The zero-order chi connectivity index (χ0) is 14.3. The molecule has 0 fully saturated rings. The molecule has 1 rings (SSSR count). The van der Waals surface area contributed by atoms with Crippen LogP contribution >= 0.6 is 11.8 Å². The maximum atomic E-state index is 11.2. The summed E-state index contributed by atoms with van der Waals surface area (Å²) >= 11 is 1.55. The summed E-state index contributed by atoms with van der Waals surface area (Å²) in [5.74, 6) is 0.680. The highest BCUT2D eigenvalue weighted by atomic mass is 32.2. The fourth-order valence-corrected chi connectivity index (χ4v) is 2.44. The minimum atomic E-state index is -0.658. The van der Waals surface area contributed by atoms with Crippen molar-refractivity contribution in [2.45, 2.75) is 44.1 Å². The van der Waals surface area contributed by atoms with Crippen LogP contribution in [0.1, 0.15) is 38.7 Å². The number of aliphatic hydroxyl groups excluding tert-OH is 1. The SMILES string of the molecule is CCOC(=O)CC(O)CSc1ccc(C(C)C)cc1. The average Bonchev–Trinajstić information content (AvgIpc) is 2.37. The molecule has 0 heterocycles. The molecule has 0 spiro atoms. The Bertz CT molecular complexity index is 387. The number of carbonyl (C=O) groups excluding carboxylic acids is 1. The Kier molecular flexibility index (Phi) is 6.95. The molecule has 1 aromatic rings. The van der Waals surface area contributed by atoms with Crippen molar-refractivity contribution in [3.63, 3.8) is 0 Å². The Morgan fingerprint density at radius 1 is 1.32 bits per heavy atom. The molecular formula is C15H22O3S. The standard InChI is InChI=1S/C15H22O3S/c1-4-18-15(17)9-13(16)10-19-14-7-5-12(6-8-14)11(2)3/h5-8,11,13,16H,4,9-10H2,1-3H3. The van der Waals surface area contributed by atoms with E-state index in [1.807, 2.05) is 0 Å². The minimum absolute atomic E-state index is 0.0604. The van der Waals surface area contributed by atoms with Gasteiger partial charge in [0.1, 0.15) is 0 Å². The number of ether oxygens (including phenoxy) is 1. The zero-order valence-corrected chi connectivity index (χ0v) is 12.6. The van der Waals surface area contributed by atoms with Gasteiger partial charge in [-0.1, -0.05) is 26.0 Å². The van der Waals surface area contributed by atoms with Gasteiger partial charge in [0.05, 0.1) is 19.1 Å². The first-order chi connectivity index (χ1) is 9.02.